The van der Waals surface area contributed by atoms with Crippen molar-refractivity contribution in [3.63, 3.8) is 0 Å². The maximum absolute atomic E-state index is 12.3. The third-order valence-electron chi connectivity index (χ3n) is 1.42. The predicted octanol–water partition coefficient (Wildman–Crippen LogP) is 0.564. The molecule has 0 unspecified atom stereocenters. The SMILES string of the molecule is C[C@H]1CNC[C@@H]1F. The zero-order valence-corrected chi connectivity index (χ0v) is 4.45. The molecule has 42 valence electrons. The number of hydrogen-bond donors (Lipinski definition) is 1. The first kappa shape index (κ1) is 5.04. The minimum Gasteiger partial charge on any atom is -0.313 e. The molecule has 0 amide bonds. The van der Waals surface area contributed by atoms with Crippen LogP contribution in [0.15, 0.2) is 0 Å². The molecule has 1 rings (SSSR count). The van der Waals surface area contributed by atoms with E-state index in [0.29, 0.717) is 6.54 Å². The Balaban J connectivity index is 2.33. The summed E-state index contributed by atoms with van der Waals surface area (Å²) in [5.74, 6) is 0.236. The highest BCUT2D eigenvalue weighted by molar-refractivity contribution is 4.76. The smallest absolute Gasteiger partial charge is 0.116 e. The third kappa shape index (κ3) is 0.911. The molecule has 1 aliphatic heterocycles. The van der Waals surface area contributed by atoms with E-state index in [9.17, 15) is 4.39 Å². The summed E-state index contributed by atoms with van der Waals surface area (Å²) in [6, 6.07) is 0. The van der Waals surface area contributed by atoms with E-state index in [1.807, 2.05) is 6.92 Å². The van der Waals surface area contributed by atoms with Gasteiger partial charge in [-0.3, -0.25) is 0 Å². The van der Waals surface area contributed by atoms with Crippen LogP contribution in [0.25, 0.3) is 0 Å². The van der Waals surface area contributed by atoms with Crippen molar-refractivity contribution in [1.29, 1.82) is 0 Å². The van der Waals surface area contributed by atoms with Crippen molar-refractivity contribution in [3.05, 3.63) is 0 Å². The van der Waals surface area contributed by atoms with Crippen LogP contribution >= 0.6 is 0 Å². The Morgan fingerprint density at radius 3 is 2.43 bits per heavy atom. The minimum absolute atomic E-state index is 0.236. The van der Waals surface area contributed by atoms with E-state index in [4.69, 9.17) is 0 Å². The highest BCUT2D eigenvalue weighted by atomic mass is 19.1. The maximum atomic E-state index is 12.3. The van der Waals surface area contributed by atoms with Gasteiger partial charge in [-0.2, -0.15) is 0 Å². The van der Waals surface area contributed by atoms with Crippen LogP contribution in [-0.4, -0.2) is 19.3 Å². The van der Waals surface area contributed by atoms with Crippen molar-refractivity contribution >= 4 is 0 Å². The lowest BCUT2D eigenvalue weighted by Crippen LogP contribution is -2.08. The molecule has 0 aliphatic carbocycles. The Morgan fingerprint density at radius 2 is 2.29 bits per heavy atom. The average molecular weight is 103 g/mol. The number of rotatable bonds is 0. The molecule has 1 fully saturated rings. The Kier molecular flexibility index (Phi) is 1.28. The Hall–Kier alpha value is -0.110. The van der Waals surface area contributed by atoms with E-state index in [1.54, 1.807) is 0 Å². The van der Waals surface area contributed by atoms with Gasteiger partial charge < -0.3 is 5.32 Å². The van der Waals surface area contributed by atoms with Gasteiger partial charge in [0.25, 0.3) is 0 Å². The molecule has 0 saturated carbocycles. The number of nitrogens with one attached hydrogen (secondary N) is 1. The van der Waals surface area contributed by atoms with E-state index in [2.05, 4.69) is 5.32 Å². The number of hydrogen-bond acceptors (Lipinski definition) is 1. The van der Waals surface area contributed by atoms with Crippen molar-refractivity contribution in [3.8, 4) is 0 Å². The van der Waals surface area contributed by atoms with Gasteiger partial charge in [0.15, 0.2) is 0 Å². The molecule has 2 heteroatoms. The normalized spacial score (nSPS) is 42.0. The first-order chi connectivity index (χ1) is 3.30. The highest BCUT2D eigenvalue weighted by Gasteiger charge is 2.21. The second-order valence-electron chi connectivity index (χ2n) is 2.15. The van der Waals surface area contributed by atoms with E-state index in [-0.39, 0.29) is 5.92 Å². The third-order valence-corrected chi connectivity index (χ3v) is 1.42. The topological polar surface area (TPSA) is 12.0 Å². The van der Waals surface area contributed by atoms with Gasteiger partial charge in [-0.05, 0) is 0 Å². The molecule has 0 spiro atoms. The Bertz CT molecular complexity index is 57.1. The lowest BCUT2D eigenvalue weighted by atomic mass is 10.1. The van der Waals surface area contributed by atoms with Crippen molar-refractivity contribution in [2.45, 2.75) is 13.1 Å². The summed E-state index contributed by atoms with van der Waals surface area (Å²) in [7, 11) is 0. The average Bonchev–Trinajstić information content (AvgIpc) is 1.91. The summed E-state index contributed by atoms with van der Waals surface area (Å²) < 4.78 is 12.3. The lowest BCUT2D eigenvalue weighted by Gasteiger charge is -1.99. The molecular weight excluding hydrogens is 93.1 g/mol. The van der Waals surface area contributed by atoms with Crippen LogP contribution in [0.3, 0.4) is 0 Å². The zero-order chi connectivity index (χ0) is 5.28. The lowest BCUT2D eigenvalue weighted by molar-refractivity contribution is 0.298. The van der Waals surface area contributed by atoms with E-state index < -0.39 is 6.17 Å². The first-order valence-electron chi connectivity index (χ1n) is 2.65. The van der Waals surface area contributed by atoms with Gasteiger partial charge in [0.05, 0.1) is 0 Å². The molecule has 1 saturated heterocycles. The van der Waals surface area contributed by atoms with E-state index in [0.717, 1.165) is 6.54 Å². The minimum atomic E-state index is -0.597. The summed E-state index contributed by atoms with van der Waals surface area (Å²) in [6.45, 7) is 3.33. The van der Waals surface area contributed by atoms with Crippen molar-refractivity contribution in [2.24, 2.45) is 5.92 Å². The van der Waals surface area contributed by atoms with Crippen molar-refractivity contribution in [1.82, 2.24) is 5.32 Å². The second-order valence-corrected chi connectivity index (χ2v) is 2.15. The van der Waals surface area contributed by atoms with Crippen LogP contribution in [0.2, 0.25) is 0 Å². The predicted molar refractivity (Wildman–Crippen MR) is 26.9 cm³/mol. The van der Waals surface area contributed by atoms with Crippen molar-refractivity contribution in [2.75, 3.05) is 13.1 Å². The molecule has 2 atom stereocenters. The summed E-state index contributed by atoms with van der Waals surface area (Å²) in [5.41, 5.74) is 0. The highest BCUT2D eigenvalue weighted by Crippen LogP contribution is 2.09. The monoisotopic (exact) mass is 103 g/mol. The van der Waals surface area contributed by atoms with Crippen LogP contribution < -0.4 is 5.32 Å². The zero-order valence-electron chi connectivity index (χ0n) is 4.45. The van der Waals surface area contributed by atoms with Gasteiger partial charge in [0.1, 0.15) is 6.17 Å². The molecule has 1 heterocycles. The van der Waals surface area contributed by atoms with Gasteiger partial charge in [-0.1, -0.05) is 6.92 Å². The summed E-state index contributed by atoms with van der Waals surface area (Å²) in [6.07, 6.45) is -0.597. The van der Waals surface area contributed by atoms with Crippen molar-refractivity contribution < 1.29 is 4.39 Å². The van der Waals surface area contributed by atoms with Crippen LogP contribution in [0.1, 0.15) is 6.92 Å². The van der Waals surface area contributed by atoms with Gasteiger partial charge in [-0.25, -0.2) is 4.39 Å². The summed E-state index contributed by atoms with van der Waals surface area (Å²) >= 11 is 0. The van der Waals surface area contributed by atoms with E-state index >= 15 is 0 Å². The van der Waals surface area contributed by atoms with Crippen LogP contribution in [-0.2, 0) is 0 Å². The largest absolute Gasteiger partial charge is 0.313 e. The molecule has 0 aromatic carbocycles. The fourth-order valence-corrected chi connectivity index (χ4v) is 0.778. The molecule has 0 aromatic heterocycles. The number of halogens is 1. The molecule has 1 nitrogen and oxygen atoms in total. The standard InChI is InChI=1S/C5H10FN/c1-4-2-7-3-5(4)6/h4-5,7H,2-3H2,1H3/t4-,5-/m0/s1. The summed E-state index contributed by atoms with van der Waals surface area (Å²) in [5, 5.41) is 2.95. The fraction of sp³-hybridized carbons (Fsp3) is 1.00. The fourth-order valence-electron chi connectivity index (χ4n) is 0.778. The maximum Gasteiger partial charge on any atom is 0.116 e. The first-order valence-corrected chi connectivity index (χ1v) is 2.65. The molecule has 1 aliphatic rings. The quantitative estimate of drug-likeness (QED) is 0.472. The van der Waals surface area contributed by atoms with Crippen LogP contribution in [0.4, 0.5) is 4.39 Å². The molecule has 0 radical (unpaired) electrons. The molecule has 1 N–H and O–H groups in total. The van der Waals surface area contributed by atoms with Crippen LogP contribution in [0.5, 0.6) is 0 Å². The Morgan fingerprint density at radius 1 is 1.57 bits per heavy atom. The molecular formula is C5H10FN. The van der Waals surface area contributed by atoms with Crippen LogP contribution in [0, 0.1) is 5.92 Å². The van der Waals surface area contributed by atoms with Gasteiger partial charge in [-0.15, -0.1) is 0 Å². The molecule has 7 heavy (non-hydrogen) atoms. The van der Waals surface area contributed by atoms with E-state index in [1.165, 1.54) is 0 Å². The van der Waals surface area contributed by atoms with Gasteiger partial charge in [0, 0.05) is 19.0 Å². The summed E-state index contributed by atoms with van der Waals surface area (Å²) in [4.78, 5) is 0. The second kappa shape index (κ2) is 1.78. The Labute approximate surface area is 42.9 Å². The molecule has 0 bridgehead atoms. The number of alkyl halides is 1. The van der Waals surface area contributed by atoms with Gasteiger partial charge in [0.2, 0.25) is 0 Å². The van der Waals surface area contributed by atoms with Gasteiger partial charge >= 0.3 is 0 Å². The molecule has 0 aromatic rings.